The average Bonchev–Trinajstić information content (AvgIpc) is 3.17. The summed E-state index contributed by atoms with van der Waals surface area (Å²) in [5.41, 5.74) is 5.79. The number of esters is 1. The average molecular weight is 464 g/mol. The number of hydrogen-bond donors (Lipinski definition) is 2. The van der Waals surface area contributed by atoms with Crippen molar-refractivity contribution in [2.24, 2.45) is 18.7 Å². The van der Waals surface area contributed by atoms with E-state index in [9.17, 15) is 14.4 Å². The monoisotopic (exact) mass is 463 g/mol. The van der Waals surface area contributed by atoms with Gasteiger partial charge in [-0.1, -0.05) is 0 Å². The Bertz CT molecular complexity index is 960. The van der Waals surface area contributed by atoms with Gasteiger partial charge in [0.05, 0.1) is 7.11 Å². The molecule has 0 unspecified atom stereocenters. The number of methoxy groups -OCH3 is 1. The fraction of sp³-hybridized carbons (Fsp3) is 0.684. The maximum atomic E-state index is 12.9. The van der Waals surface area contributed by atoms with Crippen LogP contribution < -0.4 is 17.0 Å². The number of aromatic nitrogens is 4. The van der Waals surface area contributed by atoms with Crippen LogP contribution in [0.4, 0.5) is 0 Å². The first-order valence-electron chi connectivity index (χ1n) is 9.92. The van der Waals surface area contributed by atoms with E-state index in [1.54, 1.807) is 7.05 Å². The van der Waals surface area contributed by atoms with Gasteiger partial charge < -0.3 is 15.5 Å². The number of halogens is 2. The van der Waals surface area contributed by atoms with Gasteiger partial charge in [-0.15, -0.1) is 24.8 Å². The van der Waals surface area contributed by atoms with Crippen LogP contribution in [0, 0.1) is 5.92 Å². The van der Waals surface area contributed by atoms with Gasteiger partial charge in [-0.25, -0.2) is 9.78 Å². The number of hydrogen-bond acceptors (Lipinski definition) is 6. The van der Waals surface area contributed by atoms with Gasteiger partial charge in [0.25, 0.3) is 5.56 Å². The molecule has 0 amide bonds. The first-order valence-corrected chi connectivity index (χ1v) is 9.92. The van der Waals surface area contributed by atoms with Crippen molar-refractivity contribution in [3.05, 3.63) is 26.7 Å². The fourth-order valence-corrected chi connectivity index (χ4v) is 3.97. The molecule has 9 nitrogen and oxygen atoms in total. The van der Waals surface area contributed by atoms with Crippen LogP contribution in [0.1, 0.15) is 56.7 Å². The number of carbonyl (C=O) groups excluding carboxylic acids is 1. The summed E-state index contributed by atoms with van der Waals surface area (Å²) in [5, 5.41) is 0. The Hall–Kier alpha value is -1.84. The minimum absolute atomic E-state index is 0. The van der Waals surface area contributed by atoms with Gasteiger partial charge in [-0.2, -0.15) is 0 Å². The zero-order valence-corrected chi connectivity index (χ0v) is 19.0. The van der Waals surface area contributed by atoms with E-state index in [1.165, 1.54) is 16.2 Å². The summed E-state index contributed by atoms with van der Waals surface area (Å²) in [6, 6.07) is 0. The first kappa shape index (κ1) is 26.2. The van der Waals surface area contributed by atoms with Crippen molar-refractivity contribution >= 4 is 41.9 Å². The second kappa shape index (κ2) is 11.5. The molecule has 1 aliphatic carbocycles. The number of aryl methyl sites for hydroxylation is 1. The Kier molecular flexibility index (Phi) is 10.1. The lowest BCUT2D eigenvalue weighted by atomic mass is 9.82. The smallest absolute Gasteiger partial charge is 0.332 e. The second-order valence-electron chi connectivity index (χ2n) is 7.61. The number of aromatic amines is 1. The van der Waals surface area contributed by atoms with Crippen LogP contribution in [0.5, 0.6) is 0 Å². The number of carbonyl (C=O) groups is 1. The number of H-pyrrole nitrogens is 1. The number of nitrogens with zero attached hydrogens (tertiary/aromatic N) is 3. The van der Waals surface area contributed by atoms with Crippen LogP contribution in [0.15, 0.2) is 9.59 Å². The molecule has 3 N–H and O–H groups in total. The third-order valence-corrected chi connectivity index (χ3v) is 5.80. The van der Waals surface area contributed by atoms with Crippen molar-refractivity contribution in [2.45, 2.75) is 57.4 Å². The predicted molar refractivity (Wildman–Crippen MR) is 120 cm³/mol. The van der Waals surface area contributed by atoms with Gasteiger partial charge in [0.1, 0.15) is 11.3 Å². The van der Waals surface area contributed by atoms with E-state index in [0.29, 0.717) is 36.5 Å². The Morgan fingerprint density at radius 1 is 1.20 bits per heavy atom. The van der Waals surface area contributed by atoms with Gasteiger partial charge in [0.2, 0.25) is 0 Å². The molecule has 0 aromatic carbocycles. The minimum Gasteiger partial charge on any atom is -0.469 e. The van der Waals surface area contributed by atoms with Crippen molar-refractivity contribution in [1.82, 2.24) is 19.1 Å². The molecule has 30 heavy (non-hydrogen) atoms. The Balaban J connectivity index is 0.00000225. The normalized spacial score (nSPS) is 18.5. The van der Waals surface area contributed by atoms with E-state index < -0.39 is 0 Å². The molecule has 0 bridgehead atoms. The number of rotatable bonds is 7. The van der Waals surface area contributed by atoms with Crippen LogP contribution in [0.2, 0.25) is 0 Å². The van der Waals surface area contributed by atoms with E-state index in [0.717, 1.165) is 31.5 Å². The topological polar surface area (TPSA) is 125 Å². The molecule has 11 heteroatoms. The first-order chi connectivity index (χ1) is 13.5. The lowest BCUT2D eigenvalue weighted by Crippen LogP contribution is -2.39. The second-order valence-corrected chi connectivity index (χ2v) is 7.61. The molecule has 2 aromatic rings. The number of ether oxygens (including phenoxy) is 1. The highest BCUT2D eigenvalue weighted by molar-refractivity contribution is 5.85. The van der Waals surface area contributed by atoms with Crippen LogP contribution >= 0.6 is 24.8 Å². The van der Waals surface area contributed by atoms with Crippen molar-refractivity contribution in [3.8, 4) is 0 Å². The molecule has 3 rings (SSSR count). The van der Waals surface area contributed by atoms with Crippen LogP contribution in [-0.2, 0) is 23.1 Å². The Labute approximate surface area is 187 Å². The zero-order valence-electron chi connectivity index (χ0n) is 17.4. The molecular formula is C19H31Cl2N5O4. The van der Waals surface area contributed by atoms with Crippen molar-refractivity contribution < 1.29 is 9.53 Å². The van der Waals surface area contributed by atoms with Gasteiger partial charge >= 0.3 is 11.7 Å². The van der Waals surface area contributed by atoms with Crippen LogP contribution in [0.25, 0.3) is 11.2 Å². The minimum atomic E-state index is -0.388. The van der Waals surface area contributed by atoms with E-state index in [1.807, 2.05) is 0 Å². The molecule has 1 aliphatic rings. The molecule has 2 heterocycles. The van der Waals surface area contributed by atoms with Crippen LogP contribution in [-0.4, -0.2) is 38.7 Å². The number of fused-ring (bicyclic) bond motifs is 1. The molecule has 0 spiro atoms. The van der Waals surface area contributed by atoms with Crippen molar-refractivity contribution in [3.63, 3.8) is 0 Å². The maximum Gasteiger partial charge on any atom is 0.332 e. The summed E-state index contributed by atoms with van der Waals surface area (Å²) in [6.07, 6.45) is 5.45. The molecule has 0 saturated heterocycles. The van der Waals surface area contributed by atoms with E-state index in [-0.39, 0.29) is 60.9 Å². The molecule has 1 fully saturated rings. The summed E-state index contributed by atoms with van der Waals surface area (Å²) < 4.78 is 7.24. The summed E-state index contributed by atoms with van der Waals surface area (Å²) >= 11 is 0. The molecule has 170 valence electrons. The third-order valence-electron chi connectivity index (χ3n) is 5.80. The predicted octanol–water partition coefficient (Wildman–Crippen LogP) is 1.84. The number of unbranched alkanes of at least 4 members (excludes halogenated alkanes) is 1. The van der Waals surface area contributed by atoms with Crippen molar-refractivity contribution in [2.75, 3.05) is 13.7 Å². The van der Waals surface area contributed by atoms with Gasteiger partial charge in [0, 0.05) is 25.9 Å². The molecule has 1 saturated carbocycles. The molecule has 0 radical (unpaired) electrons. The Morgan fingerprint density at radius 2 is 1.87 bits per heavy atom. The maximum absolute atomic E-state index is 12.9. The SMILES string of the molecule is COC(=O)CCCCn1c(=O)c2[nH]c(C3CCC(CN)CC3)nc2n(C)c1=O.Cl.Cl. The highest BCUT2D eigenvalue weighted by Crippen LogP contribution is 2.34. The fourth-order valence-electron chi connectivity index (χ4n) is 3.97. The van der Waals surface area contributed by atoms with Gasteiger partial charge in [-0.05, 0) is 51.0 Å². The summed E-state index contributed by atoms with van der Waals surface area (Å²) in [7, 11) is 2.97. The van der Waals surface area contributed by atoms with Gasteiger partial charge in [-0.3, -0.25) is 18.7 Å². The summed E-state index contributed by atoms with van der Waals surface area (Å²) in [4.78, 5) is 44.4. The molecule has 2 aromatic heterocycles. The van der Waals surface area contributed by atoms with E-state index in [2.05, 4.69) is 14.7 Å². The summed E-state index contributed by atoms with van der Waals surface area (Å²) in [5.74, 6) is 1.31. The van der Waals surface area contributed by atoms with Crippen LogP contribution in [0.3, 0.4) is 0 Å². The van der Waals surface area contributed by atoms with E-state index >= 15 is 0 Å². The highest BCUT2D eigenvalue weighted by atomic mass is 35.5. The van der Waals surface area contributed by atoms with Gasteiger partial charge in [0.15, 0.2) is 5.65 Å². The zero-order chi connectivity index (χ0) is 20.3. The third kappa shape index (κ3) is 5.44. The quantitative estimate of drug-likeness (QED) is 0.476. The number of imidazole rings is 1. The highest BCUT2D eigenvalue weighted by Gasteiger charge is 2.25. The summed E-state index contributed by atoms with van der Waals surface area (Å²) in [6.45, 7) is 0.969. The van der Waals surface area contributed by atoms with Crippen molar-refractivity contribution in [1.29, 1.82) is 0 Å². The molecular weight excluding hydrogens is 433 g/mol. The lowest BCUT2D eigenvalue weighted by molar-refractivity contribution is -0.140. The lowest BCUT2D eigenvalue weighted by Gasteiger charge is -2.26. The number of nitrogens with one attached hydrogen (secondary N) is 1. The standard InChI is InChI=1S/C19H29N5O4.2ClH/c1-23-17-15(21-16(22-17)13-8-6-12(11-20)7-9-13)18(26)24(19(23)27)10-4-3-5-14(25)28-2;;/h12-13H,3-11,20H2,1-2H3,(H,21,22);2*1H. The number of nitrogens with two attached hydrogens (primary N) is 1. The molecule has 0 atom stereocenters. The molecule has 0 aliphatic heterocycles. The Morgan fingerprint density at radius 3 is 2.47 bits per heavy atom. The largest absolute Gasteiger partial charge is 0.469 e. The van der Waals surface area contributed by atoms with E-state index in [4.69, 9.17) is 5.73 Å².